The second kappa shape index (κ2) is 7.09. The van der Waals surface area contributed by atoms with Crippen molar-refractivity contribution in [2.24, 2.45) is 0 Å². The van der Waals surface area contributed by atoms with E-state index in [0.29, 0.717) is 12.1 Å². The number of benzene rings is 1. The molecule has 1 rings (SSSR count). The lowest BCUT2D eigenvalue weighted by atomic mass is 10.1. The highest BCUT2D eigenvalue weighted by Crippen LogP contribution is 2.29. The molecular formula is C13H12F3NO6. The van der Waals surface area contributed by atoms with Gasteiger partial charge in [-0.25, -0.2) is 4.79 Å². The van der Waals surface area contributed by atoms with E-state index in [0.717, 1.165) is 12.1 Å². The monoisotopic (exact) mass is 335 g/mol. The molecule has 10 heteroatoms. The molecule has 1 aromatic rings. The summed E-state index contributed by atoms with van der Waals surface area (Å²) in [6.45, 7) is 0. The number of carboxylic acid groups (broad SMARTS) is 2. The topological polar surface area (TPSA) is 124 Å². The first-order valence-corrected chi connectivity index (χ1v) is 6.12. The molecule has 0 radical (unpaired) electrons. The van der Waals surface area contributed by atoms with Crippen LogP contribution in [0.2, 0.25) is 0 Å². The molecule has 0 fully saturated rings. The summed E-state index contributed by atoms with van der Waals surface area (Å²) < 4.78 is 37.2. The number of hydrogen-bond acceptors (Lipinski definition) is 4. The van der Waals surface area contributed by atoms with E-state index in [2.05, 4.69) is 0 Å². The van der Waals surface area contributed by atoms with E-state index in [4.69, 9.17) is 10.2 Å². The Balaban J connectivity index is 2.83. The SMILES string of the molecule is O=C(O)C[C@H](NC(=O)[C@@H](O)c1ccc(C(F)(F)F)cc1)C(=O)O. The molecule has 0 heterocycles. The van der Waals surface area contributed by atoms with E-state index in [1.165, 1.54) is 0 Å². The summed E-state index contributed by atoms with van der Waals surface area (Å²) in [5, 5.41) is 28.8. The lowest BCUT2D eigenvalue weighted by molar-refractivity contribution is -0.148. The first-order chi connectivity index (χ1) is 10.5. The third-order valence-electron chi connectivity index (χ3n) is 2.80. The standard InChI is InChI=1S/C13H12F3NO6/c14-13(15,16)7-3-1-6(2-4-7)10(20)11(21)17-8(12(22)23)5-9(18)19/h1-4,8,10,20H,5H2,(H,17,21)(H,18,19)(H,22,23)/t8-,10-/m0/s1. The first kappa shape index (κ1) is 18.4. The fourth-order valence-corrected chi connectivity index (χ4v) is 1.63. The number of halogens is 3. The number of nitrogens with one attached hydrogen (secondary N) is 1. The van der Waals surface area contributed by atoms with Crippen LogP contribution in [0.4, 0.5) is 13.2 Å². The van der Waals surface area contributed by atoms with Gasteiger partial charge in [0.15, 0.2) is 6.10 Å². The van der Waals surface area contributed by atoms with Gasteiger partial charge in [-0.2, -0.15) is 13.2 Å². The average molecular weight is 335 g/mol. The van der Waals surface area contributed by atoms with E-state index in [-0.39, 0.29) is 5.56 Å². The van der Waals surface area contributed by atoms with Gasteiger partial charge >= 0.3 is 18.1 Å². The summed E-state index contributed by atoms with van der Waals surface area (Å²) >= 11 is 0. The highest BCUT2D eigenvalue weighted by atomic mass is 19.4. The first-order valence-electron chi connectivity index (χ1n) is 6.12. The molecule has 0 unspecified atom stereocenters. The van der Waals surface area contributed by atoms with Crippen LogP contribution in [0.5, 0.6) is 0 Å². The third kappa shape index (κ3) is 5.25. The van der Waals surface area contributed by atoms with Crippen molar-refractivity contribution < 1.29 is 42.9 Å². The smallest absolute Gasteiger partial charge is 0.416 e. The van der Waals surface area contributed by atoms with Crippen molar-refractivity contribution in [3.05, 3.63) is 35.4 Å². The van der Waals surface area contributed by atoms with E-state index in [9.17, 15) is 32.7 Å². The Kier molecular flexibility index (Phi) is 5.68. The minimum atomic E-state index is -4.58. The van der Waals surface area contributed by atoms with Gasteiger partial charge in [-0.05, 0) is 17.7 Å². The van der Waals surface area contributed by atoms with Crippen molar-refractivity contribution in [2.75, 3.05) is 0 Å². The van der Waals surface area contributed by atoms with Crippen LogP contribution in [0.25, 0.3) is 0 Å². The molecule has 7 nitrogen and oxygen atoms in total. The van der Waals surface area contributed by atoms with E-state index >= 15 is 0 Å². The number of carbonyl (C=O) groups excluding carboxylic acids is 1. The van der Waals surface area contributed by atoms with Crippen molar-refractivity contribution >= 4 is 17.8 Å². The Morgan fingerprint density at radius 1 is 1.09 bits per heavy atom. The summed E-state index contributed by atoms with van der Waals surface area (Å²) in [5.74, 6) is -4.35. The van der Waals surface area contributed by atoms with Crippen molar-refractivity contribution in [1.29, 1.82) is 0 Å². The van der Waals surface area contributed by atoms with Gasteiger partial charge in [0.1, 0.15) is 6.04 Å². The summed E-state index contributed by atoms with van der Waals surface area (Å²) in [4.78, 5) is 33.0. The molecule has 0 saturated heterocycles. The van der Waals surface area contributed by atoms with Gasteiger partial charge in [0.25, 0.3) is 5.91 Å². The van der Waals surface area contributed by atoms with Crippen LogP contribution >= 0.6 is 0 Å². The quantitative estimate of drug-likeness (QED) is 0.609. The number of amides is 1. The van der Waals surface area contributed by atoms with Crippen LogP contribution in [-0.2, 0) is 20.6 Å². The molecule has 0 spiro atoms. The summed E-state index contributed by atoms with van der Waals surface area (Å²) in [6, 6.07) is 1.25. The lowest BCUT2D eigenvalue weighted by Gasteiger charge is -2.16. The fourth-order valence-electron chi connectivity index (χ4n) is 1.63. The highest BCUT2D eigenvalue weighted by molar-refractivity contribution is 5.89. The molecular weight excluding hydrogens is 323 g/mol. The number of aliphatic hydroxyl groups is 1. The van der Waals surface area contributed by atoms with Crippen molar-refractivity contribution in [1.82, 2.24) is 5.32 Å². The number of aliphatic hydroxyl groups excluding tert-OH is 1. The molecule has 126 valence electrons. The summed E-state index contributed by atoms with van der Waals surface area (Å²) in [7, 11) is 0. The Labute approximate surface area is 127 Å². The molecule has 0 aliphatic carbocycles. The maximum Gasteiger partial charge on any atom is 0.416 e. The molecule has 0 aromatic heterocycles. The zero-order valence-corrected chi connectivity index (χ0v) is 11.4. The van der Waals surface area contributed by atoms with Crippen molar-refractivity contribution in [3.8, 4) is 0 Å². The van der Waals surface area contributed by atoms with Crippen molar-refractivity contribution in [3.63, 3.8) is 0 Å². The van der Waals surface area contributed by atoms with Gasteiger partial charge in [-0.1, -0.05) is 12.1 Å². The Morgan fingerprint density at radius 3 is 2.00 bits per heavy atom. The molecule has 0 aliphatic heterocycles. The van der Waals surface area contributed by atoms with E-state index in [1.807, 2.05) is 0 Å². The van der Waals surface area contributed by atoms with Gasteiger partial charge in [0.05, 0.1) is 12.0 Å². The molecule has 2 atom stereocenters. The number of carbonyl (C=O) groups is 3. The second-order valence-corrected chi connectivity index (χ2v) is 4.52. The molecule has 1 amide bonds. The van der Waals surface area contributed by atoms with Crippen LogP contribution in [-0.4, -0.2) is 39.2 Å². The number of hydrogen-bond donors (Lipinski definition) is 4. The number of carboxylic acids is 2. The van der Waals surface area contributed by atoms with Gasteiger partial charge in [-0.3, -0.25) is 9.59 Å². The second-order valence-electron chi connectivity index (χ2n) is 4.52. The molecule has 4 N–H and O–H groups in total. The molecule has 0 saturated carbocycles. The molecule has 1 aromatic carbocycles. The van der Waals surface area contributed by atoms with Crippen LogP contribution in [0.1, 0.15) is 23.7 Å². The van der Waals surface area contributed by atoms with Gasteiger partial charge in [0, 0.05) is 0 Å². The normalized spacial score (nSPS) is 13.9. The maximum absolute atomic E-state index is 12.4. The van der Waals surface area contributed by atoms with Gasteiger partial charge in [0.2, 0.25) is 0 Å². The van der Waals surface area contributed by atoms with E-state index in [1.54, 1.807) is 5.32 Å². The lowest BCUT2D eigenvalue weighted by Crippen LogP contribution is -2.44. The highest BCUT2D eigenvalue weighted by Gasteiger charge is 2.31. The zero-order valence-electron chi connectivity index (χ0n) is 11.4. The Hall–Kier alpha value is -2.62. The van der Waals surface area contributed by atoms with Crippen LogP contribution in [0, 0.1) is 0 Å². The third-order valence-corrected chi connectivity index (χ3v) is 2.80. The van der Waals surface area contributed by atoms with Gasteiger partial charge < -0.3 is 20.6 Å². The molecule has 0 bridgehead atoms. The largest absolute Gasteiger partial charge is 0.481 e. The number of aliphatic carboxylic acids is 2. The number of rotatable bonds is 6. The van der Waals surface area contributed by atoms with Crippen molar-refractivity contribution in [2.45, 2.75) is 24.7 Å². The van der Waals surface area contributed by atoms with Gasteiger partial charge in [-0.15, -0.1) is 0 Å². The maximum atomic E-state index is 12.4. The predicted molar refractivity (Wildman–Crippen MR) is 68.2 cm³/mol. The van der Waals surface area contributed by atoms with Crippen LogP contribution in [0.15, 0.2) is 24.3 Å². The zero-order chi connectivity index (χ0) is 17.8. The summed E-state index contributed by atoms with van der Waals surface area (Å²) in [5.41, 5.74) is -1.18. The Bertz CT molecular complexity index is 599. The van der Waals surface area contributed by atoms with E-state index < -0.39 is 48.2 Å². The fraction of sp³-hybridized carbons (Fsp3) is 0.308. The minimum Gasteiger partial charge on any atom is -0.481 e. The van der Waals surface area contributed by atoms with Crippen LogP contribution in [0.3, 0.4) is 0 Å². The summed E-state index contributed by atoms with van der Waals surface area (Å²) in [6.07, 6.45) is -7.43. The number of alkyl halides is 3. The molecule has 23 heavy (non-hydrogen) atoms. The molecule has 0 aliphatic rings. The predicted octanol–water partition coefficient (Wildman–Crippen LogP) is 0.783. The minimum absolute atomic E-state index is 0.199. The average Bonchev–Trinajstić information content (AvgIpc) is 2.44. The Morgan fingerprint density at radius 2 is 1.61 bits per heavy atom. The van der Waals surface area contributed by atoms with Crippen LogP contribution < -0.4 is 5.32 Å².